The smallest absolute Gasteiger partial charge is 0.224 e. The van der Waals surface area contributed by atoms with Gasteiger partial charge in [0.05, 0.1) is 6.42 Å². The fraction of sp³-hybridized carbons (Fsp3) is 0.611. The number of hydrogen-bond donors (Lipinski definition) is 1. The van der Waals surface area contributed by atoms with Gasteiger partial charge in [0.25, 0.3) is 0 Å². The van der Waals surface area contributed by atoms with Gasteiger partial charge in [-0.25, -0.2) is 4.39 Å². The fourth-order valence-electron chi connectivity index (χ4n) is 3.46. The van der Waals surface area contributed by atoms with E-state index in [2.05, 4.69) is 26.1 Å². The molecule has 22 heavy (non-hydrogen) atoms. The maximum atomic E-state index is 13.8. The highest BCUT2D eigenvalue weighted by atomic mass is 35.5. The maximum absolute atomic E-state index is 13.8. The van der Waals surface area contributed by atoms with Gasteiger partial charge in [-0.3, -0.25) is 4.79 Å². The standard InChI is InChI=1S/C18H25ClFNO/c1-18(2,3)13-7-4-5-10-16(13)21-17(22)11-12-14(19)8-6-9-15(12)20/h6,8-9,13,16H,4-5,7,10-11H2,1-3H3,(H,21,22)/t13-,16+/m1/s1. The molecular formula is C18H25ClFNO. The van der Waals surface area contributed by atoms with Crippen molar-refractivity contribution in [3.8, 4) is 0 Å². The lowest BCUT2D eigenvalue weighted by molar-refractivity contribution is -0.122. The zero-order valence-corrected chi connectivity index (χ0v) is 14.3. The topological polar surface area (TPSA) is 29.1 Å². The minimum Gasteiger partial charge on any atom is -0.353 e. The second kappa shape index (κ2) is 6.99. The van der Waals surface area contributed by atoms with Crippen molar-refractivity contribution in [2.24, 2.45) is 11.3 Å². The summed E-state index contributed by atoms with van der Waals surface area (Å²) in [6.07, 6.45) is 4.48. The third kappa shape index (κ3) is 4.22. The van der Waals surface area contributed by atoms with Crippen LogP contribution in [0.4, 0.5) is 4.39 Å². The number of benzene rings is 1. The Bertz CT molecular complexity index is 518. The molecule has 2 rings (SSSR count). The predicted octanol–water partition coefficient (Wildman–Crippen LogP) is 4.74. The Morgan fingerprint density at radius 3 is 2.64 bits per heavy atom. The van der Waals surface area contributed by atoms with E-state index < -0.39 is 5.82 Å². The lowest BCUT2D eigenvalue weighted by atomic mass is 9.69. The van der Waals surface area contributed by atoms with E-state index >= 15 is 0 Å². The van der Waals surface area contributed by atoms with Gasteiger partial charge in [0.1, 0.15) is 5.82 Å². The van der Waals surface area contributed by atoms with Crippen LogP contribution in [0.25, 0.3) is 0 Å². The Kier molecular flexibility index (Phi) is 5.49. The van der Waals surface area contributed by atoms with Crippen LogP contribution in [-0.4, -0.2) is 11.9 Å². The summed E-state index contributed by atoms with van der Waals surface area (Å²) in [6.45, 7) is 6.65. The van der Waals surface area contributed by atoms with Crippen molar-refractivity contribution in [1.82, 2.24) is 5.32 Å². The average Bonchev–Trinajstić information content (AvgIpc) is 2.42. The van der Waals surface area contributed by atoms with E-state index in [9.17, 15) is 9.18 Å². The van der Waals surface area contributed by atoms with E-state index in [-0.39, 0.29) is 29.3 Å². The number of halogens is 2. The molecule has 2 atom stereocenters. The molecule has 1 aliphatic rings. The predicted molar refractivity (Wildman–Crippen MR) is 88.5 cm³/mol. The molecule has 0 heterocycles. The first-order chi connectivity index (χ1) is 10.3. The molecule has 1 saturated carbocycles. The molecule has 0 radical (unpaired) electrons. The van der Waals surface area contributed by atoms with Crippen molar-refractivity contribution < 1.29 is 9.18 Å². The van der Waals surface area contributed by atoms with Crippen LogP contribution in [0.15, 0.2) is 18.2 Å². The molecule has 122 valence electrons. The van der Waals surface area contributed by atoms with Crippen LogP contribution in [0.3, 0.4) is 0 Å². The van der Waals surface area contributed by atoms with Crippen LogP contribution < -0.4 is 5.32 Å². The molecule has 4 heteroatoms. The summed E-state index contributed by atoms with van der Waals surface area (Å²) in [5, 5.41) is 3.43. The van der Waals surface area contributed by atoms with Crippen molar-refractivity contribution in [3.05, 3.63) is 34.6 Å². The zero-order chi connectivity index (χ0) is 16.3. The van der Waals surface area contributed by atoms with Crippen molar-refractivity contribution in [3.63, 3.8) is 0 Å². The van der Waals surface area contributed by atoms with E-state index in [4.69, 9.17) is 11.6 Å². The van der Waals surface area contributed by atoms with Crippen LogP contribution in [0.5, 0.6) is 0 Å². The zero-order valence-electron chi connectivity index (χ0n) is 13.6. The van der Waals surface area contributed by atoms with Gasteiger partial charge in [0.2, 0.25) is 5.91 Å². The van der Waals surface area contributed by atoms with Crippen molar-refractivity contribution in [2.45, 2.75) is 58.9 Å². The van der Waals surface area contributed by atoms with E-state index in [0.717, 1.165) is 19.3 Å². The number of carbonyl (C=O) groups is 1. The third-order valence-electron chi connectivity index (χ3n) is 4.62. The molecular weight excluding hydrogens is 301 g/mol. The van der Waals surface area contributed by atoms with Crippen LogP contribution in [0.2, 0.25) is 5.02 Å². The largest absolute Gasteiger partial charge is 0.353 e. The molecule has 0 spiro atoms. The lowest BCUT2D eigenvalue weighted by Crippen LogP contribution is -2.47. The average molecular weight is 326 g/mol. The summed E-state index contributed by atoms with van der Waals surface area (Å²) in [6, 6.07) is 4.68. The highest BCUT2D eigenvalue weighted by molar-refractivity contribution is 6.31. The van der Waals surface area contributed by atoms with Crippen molar-refractivity contribution >= 4 is 17.5 Å². The fourth-order valence-corrected chi connectivity index (χ4v) is 3.69. The van der Waals surface area contributed by atoms with E-state index in [1.807, 2.05) is 0 Å². The van der Waals surface area contributed by atoms with Crippen LogP contribution in [0.1, 0.15) is 52.0 Å². The second-order valence-electron chi connectivity index (χ2n) is 7.31. The lowest BCUT2D eigenvalue weighted by Gasteiger charge is -2.40. The highest BCUT2D eigenvalue weighted by Gasteiger charge is 2.34. The molecule has 0 unspecified atom stereocenters. The molecule has 1 aliphatic carbocycles. The molecule has 1 N–H and O–H groups in total. The number of carbonyl (C=O) groups excluding carboxylic acids is 1. The molecule has 1 amide bonds. The Labute approximate surface area is 137 Å². The normalized spacial score (nSPS) is 22.4. The molecule has 1 fully saturated rings. The molecule has 2 nitrogen and oxygen atoms in total. The minimum absolute atomic E-state index is 0.00112. The molecule has 1 aromatic carbocycles. The highest BCUT2D eigenvalue weighted by Crippen LogP contribution is 2.38. The van der Waals surface area contributed by atoms with Crippen LogP contribution >= 0.6 is 11.6 Å². The summed E-state index contributed by atoms with van der Waals surface area (Å²) in [7, 11) is 0. The first kappa shape index (κ1) is 17.3. The first-order valence-corrected chi connectivity index (χ1v) is 8.39. The van der Waals surface area contributed by atoms with Gasteiger partial charge in [-0.05, 0) is 36.3 Å². The van der Waals surface area contributed by atoms with Crippen LogP contribution in [0, 0.1) is 17.2 Å². The molecule has 0 aliphatic heterocycles. The Morgan fingerprint density at radius 2 is 2.00 bits per heavy atom. The van der Waals surface area contributed by atoms with Crippen molar-refractivity contribution in [2.75, 3.05) is 0 Å². The number of rotatable bonds is 3. The number of amides is 1. The monoisotopic (exact) mass is 325 g/mol. The number of nitrogens with one attached hydrogen (secondary N) is 1. The molecule has 0 aromatic heterocycles. The Hall–Kier alpha value is -1.09. The minimum atomic E-state index is -0.418. The second-order valence-corrected chi connectivity index (χ2v) is 7.72. The quantitative estimate of drug-likeness (QED) is 0.854. The van der Waals surface area contributed by atoms with E-state index in [1.165, 1.54) is 12.5 Å². The summed E-state index contributed by atoms with van der Waals surface area (Å²) in [4.78, 5) is 12.3. The van der Waals surface area contributed by atoms with Crippen molar-refractivity contribution in [1.29, 1.82) is 0 Å². The molecule has 0 saturated heterocycles. The summed E-state index contributed by atoms with van der Waals surface area (Å²) < 4.78 is 13.8. The SMILES string of the molecule is CC(C)(C)[C@@H]1CCCC[C@@H]1NC(=O)Cc1c(F)cccc1Cl. The molecule has 0 bridgehead atoms. The maximum Gasteiger partial charge on any atom is 0.224 e. The first-order valence-electron chi connectivity index (χ1n) is 8.01. The molecule has 1 aromatic rings. The summed E-state index contributed by atoms with van der Waals surface area (Å²) >= 11 is 6.00. The third-order valence-corrected chi connectivity index (χ3v) is 4.98. The summed E-state index contributed by atoms with van der Waals surface area (Å²) in [5.74, 6) is -0.104. The summed E-state index contributed by atoms with van der Waals surface area (Å²) in [5.41, 5.74) is 0.443. The van der Waals surface area contributed by atoms with Gasteiger partial charge >= 0.3 is 0 Å². The Morgan fingerprint density at radius 1 is 1.32 bits per heavy atom. The number of hydrogen-bond acceptors (Lipinski definition) is 1. The van der Waals surface area contributed by atoms with Gasteiger partial charge in [0, 0.05) is 16.6 Å². The van der Waals surface area contributed by atoms with Gasteiger partial charge < -0.3 is 5.32 Å². The van der Waals surface area contributed by atoms with Gasteiger partial charge in [-0.15, -0.1) is 0 Å². The van der Waals surface area contributed by atoms with Crippen LogP contribution in [-0.2, 0) is 11.2 Å². The van der Waals surface area contributed by atoms with Gasteiger partial charge in [-0.2, -0.15) is 0 Å². The Balaban J connectivity index is 2.04. The van der Waals surface area contributed by atoms with Gasteiger partial charge in [0.15, 0.2) is 0 Å². The van der Waals surface area contributed by atoms with E-state index in [0.29, 0.717) is 10.9 Å². The van der Waals surface area contributed by atoms with Gasteiger partial charge in [-0.1, -0.05) is 51.3 Å². The van der Waals surface area contributed by atoms with E-state index in [1.54, 1.807) is 12.1 Å².